The lowest BCUT2D eigenvalue weighted by Gasteiger charge is -2.12. The molecule has 124 valence electrons. The van der Waals surface area contributed by atoms with Crippen LogP contribution in [0, 0.1) is 5.92 Å². The zero-order valence-electron chi connectivity index (χ0n) is 13.6. The number of nitrogens with one attached hydrogen (secondary N) is 3. The van der Waals surface area contributed by atoms with E-state index in [0.717, 1.165) is 18.7 Å². The zero-order chi connectivity index (χ0) is 15.5. The van der Waals surface area contributed by atoms with E-state index in [4.69, 9.17) is 0 Å². The van der Waals surface area contributed by atoms with Gasteiger partial charge in [-0.05, 0) is 18.4 Å². The van der Waals surface area contributed by atoms with Crippen molar-refractivity contribution in [2.75, 3.05) is 19.6 Å². The summed E-state index contributed by atoms with van der Waals surface area (Å²) in [7, 11) is 0. The predicted molar refractivity (Wildman–Crippen MR) is 103 cm³/mol. The first-order chi connectivity index (χ1) is 10.1. The summed E-state index contributed by atoms with van der Waals surface area (Å²) < 4.78 is 0. The van der Waals surface area contributed by atoms with E-state index < -0.39 is 0 Å². The minimum atomic E-state index is -0.0828. The van der Waals surface area contributed by atoms with Gasteiger partial charge in [-0.2, -0.15) is 0 Å². The Morgan fingerprint density at radius 2 is 1.82 bits per heavy atom. The number of hydrogen-bond donors (Lipinski definition) is 3. The Morgan fingerprint density at radius 3 is 2.41 bits per heavy atom. The van der Waals surface area contributed by atoms with Crippen LogP contribution in [0.3, 0.4) is 0 Å². The fraction of sp³-hybridized carbons (Fsp3) is 0.500. The monoisotopic (exact) mass is 418 g/mol. The van der Waals surface area contributed by atoms with E-state index in [1.807, 2.05) is 37.3 Å². The fourth-order valence-electron chi connectivity index (χ4n) is 1.65. The van der Waals surface area contributed by atoms with Crippen LogP contribution < -0.4 is 16.0 Å². The Balaban J connectivity index is 0.00000441. The van der Waals surface area contributed by atoms with Crippen molar-refractivity contribution in [3.05, 3.63) is 35.9 Å². The summed E-state index contributed by atoms with van der Waals surface area (Å²) in [5.41, 5.74) is 1.08. The number of benzene rings is 1. The molecule has 0 radical (unpaired) electrons. The SMILES string of the molecule is CCNC(=NCC(=O)NCc1ccccc1)NCC(C)C.I. The van der Waals surface area contributed by atoms with Crippen molar-refractivity contribution >= 4 is 35.8 Å². The van der Waals surface area contributed by atoms with Crippen LogP contribution in [0.25, 0.3) is 0 Å². The molecule has 1 aromatic carbocycles. The highest BCUT2D eigenvalue weighted by Gasteiger charge is 2.03. The van der Waals surface area contributed by atoms with Crippen molar-refractivity contribution in [3.8, 4) is 0 Å². The van der Waals surface area contributed by atoms with Crippen molar-refractivity contribution in [1.82, 2.24) is 16.0 Å². The van der Waals surface area contributed by atoms with Crippen LogP contribution in [0.15, 0.2) is 35.3 Å². The van der Waals surface area contributed by atoms with Gasteiger partial charge in [0, 0.05) is 19.6 Å². The molecule has 1 aromatic rings. The highest BCUT2D eigenvalue weighted by molar-refractivity contribution is 14.0. The number of aliphatic imine (C=N–C) groups is 1. The Hall–Kier alpha value is -1.31. The molecule has 1 amide bonds. The van der Waals surface area contributed by atoms with E-state index >= 15 is 0 Å². The van der Waals surface area contributed by atoms with E-state index in [0.29, 0.717) is 18.4 Å². The summed E-state index contributed by atoms with van der Waals surface area (Å²) in [4.78, 5) is 16.1. The van der Waals surface area contributed by atoms with Gasteiger partial charge in [0.1, 0.15) is 6.54 Å². The Kier molecular flexibility index (Phi) is 11.5. The molecule has 0 unspecified atom stereocenters. The number of amides is 1. The molecule has 0 aliphatic carbocycles. The molecular formula is C16H27IN4O. The topological polar surface area (TPSA) is 65.5 Å². The van der Waals surface area contributed by atoms with E-state index in [1.54, 1.807) is 0 Å². The summed E-state index contributed by atoms with van der Waals surface area (Å²) in [6, 6.07) is 9.84. The van der Waals surface area contributed by atoms with Crippen molar-refractivity contribution in [3.63, 3.8) is 0 Å². The lowest BCUT2D eigenvalue weighted by molar-refractivity contribution is -0.119. The molecular weight excluding hydrogens is 391 g/mol. The summed E-state index contributed by atoms with van der Waals surface area (Å²) in [5, 5.41) is 9.19. The van der Waals surface area contributed by atoms with Gasteiger partial charge in [0.05, 0.1) is 0 Å². The zero-order valence-corrected chi connectivity index (χ0v) is 15.9. The van der Waals surface area contributed by atoms with Gasteiger partial charge in [-0.3, -0.25) is 4.79 Å². The van der Waals surface area contributed by atoms with Crippen LogP contribution in [0.4, 0.5) is 0 Å². The third-order valence-corrected chi connectivity index (χ3v) is 2.74. The summed E-state index contributed by atoms with van der Waals surface area (Å²) in [6.07, 6.45) is 0. The fourth-order valence-corrected chi connectivity index (χ4v) is 1.65. The second-order valence-electron chi connectivity index (χ2n) is 5.23. The Bertz CT molecular complexity index is 449. The summed E-state index contributed by atoms with van der Waals surface area (Å²) in [6.45, 7) is 8.52. The number of carbonyl (C=O) groups is 1. The van der Waals surface area contributed by atoms with E-state index in [2.05, 4.69) is 34.8 Å². The van der Waals surface area contributed by atoms with E-state index in [-0.39, 0.29) is 36.4 Å². The highest BCUT2D eigenvalue weighted by Crippen LogP contribution is 1.96. The molecule has 1 rings (SSSR count). The summed E-state index contributed by atoms with van der Waals surface area (Å²) >= 11 is 0. The molecule has 0 fully saturated rings. The molecule has 0 aromatic heterocycles. The van der Waals surface area contributed by atoms with E-state index in [1.165, 1.54) is 0 Å². The molecule has 0 bridgehead atoms. The molecule has 0 atom stereocenters. The molecule has 0 spiro atoms. The van der Waals surface area contributed by atoms with Crippen LogP contribution in [-0.4, -0.2) is 31.5 Å². The summed E-state index contributed by atoms with van der Waals surface area (Å²) in [5.74, 6) is 1.13. The first-order valence-electron chi connectivity index (χ1n) is 7.44. The number of halogens is 1. The molecule has 22 heavy (non-hydrogen) atoms. The molecule has 0 saturated carbocycles. The van der Waals surface area contributed by atoms with Crippen molar-refractivity contribution in [2.24, 2.45) is 10.9 Å². The second-order valence-corrected chi connectivity index (χ2v) is 5.23. The Labute approximate surface area is 150 Å². The quantitative estimate of drug-likeness (QED) is 0.361. The number of carbonyl (C=O) groups excluding carboxylic acids is 1. The molecule has 0 aliphatic heterocycles. The predicted octanol–water partition coefficient (Wildman–Crippen LogP) is 2.13. The number of guanidine groups is 1. The van der Waals surface area contributed by atoms with Crippen LogP contribution in [0.1, 0.15) is 26.3 Å². The molecule has 0 aliphatic rings. The highest BCUT2D eigenvalue weighted by atomic mass is 127. The third kappa shape index (κ3) is 9.59. The van der Waals surface area contributed by atoms with Gasteiger partial charge in [0.25, 0.3) is 0 Å². The maximum absolute atomic E-state index is 11.8. The minimum Gasteiger partial charge on any atom is -0.357 e. The lowest BCUT2D eigenvalue weighted by Crippen LogP contribution is -2.40. The largest absolute Gasteiger partial charge is 0.357 e. The van der Waals surface area contributed by atoms with Crippen LogP contribution in [-0.2, 0) is 11.3 Å². The van der Waals surface area contributed by atoms with E-state index in [9.17, 15) is 4.79 Å². The van der Waals surface area contributed by atoms with Gasteiger partial charge >= 0.3 is 0 Å². The normalized spacial score (nSPS) is 10.8. The second kappa shape index (κ2) is 12.3. The van der Waals surface area contributed by atoms with Gasteiger partial charge in [-0.15, -0.1) is 24.0 Å². The third-order valence-electron chi connectivity index (χ3n) is 2.74. The molecule has 5 nitrogen and oxygen atoms in total. The number of rotatable bonds is 7. The first kappa shape index (κ1) is 20.7. The first-order valence-corrected chi connectivity index (χ1v) is 7.44. The standard InChI is InChI=1S/C16H26N4O.HI/c1-4-17-16(19-10-13(2)3)20-12-15(21)18-11-14-8-6-5-7-9-14;/h5-9,13H,4,10-12H2,1-3H3,(H,18,21)(H2,17,19,20);1H. The van der Waals surface area contributed by atoms with Gasteiger partial charge in [-0.25, -0.2) is 4.99 Å². The van der Waals surface area contributed by atoms with Crippen LogP contribution in [0.2, 0.25) is 0 Å². The van der Waals surface area contributed by atoms with Gasteiger partial charge in [0.15, 0.2) is 5.96 Å². The maximum Gasteiger partial charge on any atom is 0.242 e. The molecule has 6 heteroatoms. The van der Waals surface area contributed by atoms with Crippen LogP contribution in [0.5, 0.6) is 0 Å². The lowest BCUT2D eigenvalue weighted by atomic mass is 10.2. The van der Waals surface area contributed by atoms with Crippen molar-refractivity contribution < 1.29 is 4.79 Å². The van der Waals surface area contributed by atoms with Crippen molar-refractivity contribution in [1.29, 1.82) is 0 Å². The average Bonchev–Trinajstić information content (AvgIpc) is 2.49. The number of nitrogens with zero attached hydrogens (tertiary/aromatic N) is 1. The van der Waals surface area contributed by atoms with Crippen LogP contribution >= 0.6 is 24.0 Å². The molecule has 3 N–H and O–H groups in total. The molecule has 0 heterocycles. The molecule has 0 saturated heterocycles. The average molecular weight is 418 g/mol. The van der Waals surface area contributed by atoms with Gasteiger partial charge in [0.2, 0.25) is 5.91 Å². The smallest absolute Gasteiger partial charge is 0.242 e. The maximum atomic E-state index is 11.8. The van der Waals surface area contributed by atoms with Crippen molar-refractivity contribution in [2.45, 2.75) is 27.3 Å². The van der Waals surface area contributed by atoms with Gasteiger partial charge < -0.3 is 16.0 Å². The number of hydrogen-bond acceptors (Lipinski definition) is 2. The van der Waals surface area contributed by atoms with Gasteiger partial charge in [-0.1, -0.05) is 44.2 Å². The Morgan fingerprint density at radius 1 is 1.14 bits per heavy atom. The minimum absolute atomic E-state index is 0.